The first-order valence-electron chi connectivity index (χ1n) is 10.4. The van der Waals surface area contributed by atoms with Gasteiger partial charge in [0.05, 0.1) is 13.2 Å². The first-order valence-corrected chi connectivity index (χ1v) is 10.4. The molecule has 1 aromatic rings. The summed E-state index contributed by atoms with van der Waals surface area (Å²) in [4.78, 5) is 17.4. The number of aliphatic hydroxyl groups is 1. The normalized spacial score (nSPS) is 29.7. The molecule has 148 valence electrons. The first kappa shape index (κ1) is 18.9. The summed E-state index contributed by atoms with van der Waals surface area (Å²) >= 11 is 0. The summed E-state index contributed by atoms with van der Waals surface area (Å²) in [5.74, 6) is 1.07. The molecule has 1 aromatic carbocycles. The van der Waals surface area contributed by atoms with Crippen molar-refractivity contribution in [3.05, 3.63) is 35.9 Å². The Kier molecular flexibility index (Phi) is 5.81. The Hall–Kier alpha value is -1.43. The van der Waals surface area contributed by atoms with Crippen molar-refractivity contribution >= 4 is 5.91 Å². The van der Waals surface area contributed by atoms with E-state index in [1.807, 2.05) is 4.90 Å². The van der Waals surface area contributed by atoms with E-state index >= 15 is 0 Å². The summed E-state index contributed by atoms with van der Waals surface area (Å²) in [7, 11) is 0. The van der Waals surface area contributed by atoms with Crippen molar-refractivity contribution in [2.45, 2.75) is 32.2 Å². The van der Waals surface area contributed by atoms with Gasteiger partial charge in [0, 0.05) is 44.0 Å². The highest BCUT2D eigenvalue weighted by molar-refractivity contribution is 5.77. The Balaban J connectivity index is 1.25. The second-order valence-electron chi connectivity index (χ2n) is 8.73. The van der Waals surface area contributed by atoms with Gasteiger partial charge in [-0.25, -0.2) is 0 Å². The van der Waals surface area contributed by atoms with E-state index in [0.29, 0.717) is 38.0 Å². The van der Waals surface area contributed by atoms with Crippen LogP contribution in [0.5, 0.6) is 0 Å². The van der Waals surface area contributed by atoms with Gasteiger partial charge in [-0.1, -0.05) is 30.3 Å². The highest BCUT2D eigenvalue weighted by atomic mass is 16.5. The van der Waals surface area contributed by atoms with E-state index in [9.17, 15) is 9.90 Å². The van der Waals surface area contributed by atoms with Crippen LogP contribution in [0.1, 0.15) is 31.2 Å². The van der Waals surface area contributed by atoms with Crippen LogP contribution in [0.3, 0.4) is 0 Å². The van der Waals surface area contributed by atoms with Crippen LogP contribution in [0.4, 0.5) is 0 Å². The number of piperidine rings is 1. The Morgan fingerprint density at radius 2 is 2.00 bits per heavy atom. The molecule has 3 saturated heterocycles. The topological polar surface area (TPSA) is 53.0 Å². The second kappa shape index (κ2) is 8.29. The maximum absolute atomic E-state index is 12.9. The monoisotopic (exact) mass is 372 g/mol. The highest BCUT2D eigenvalue weighted by Gasteiger charge is 2.49. The van der Waals surface area contributed by atoms with Crippen LogP contribution in [0.2, 0.25) is 0 Å². The van der Waals surface area contributed by atoms with Gasteiger partial charge in [0.15, 0.2) is 0 Å². The minimum Gasteiger partial charge on any atom is -0.396 e. The first-order chi connectivity index (χ1) is 13.2. The number of benzene rings is 1. The Bertz CT molecular complexity index is 630. The zero-order chi connectivity index (χ0) is 18.7. The van der Waals surface area contributed by atoms with E-state index in [-0.39, 0.29) is 17.9 Å². The fraction of sp³-hybridized carbons (Fsp3) is 0.682. The number of amides is 1. The number of likely N-dealkylation sites (tertiary alicyclic amines) is 2. The maximum Gasteiger partial charge on any atom is 0.222 e. The molecule has 0 bridgehead atoms. The molecular formula is C22H32N2O3. The summed E-state index contributed by atoms with van der Waals surface area (Å²) in [6, 6.07) is 10.6. The molecular weight excluding hydrogens is 340 g/mol. The molecule has 5 heteroatoms. The molecule has 0 radical (unpaired) electrons. The highest BCUT2D eigenvalue weighted by Crippen LogP contribution is 2.42. The number of nitrogens with zero attached hydrogens (tertiary/aromatic N) is 2. The number of carbonyl (C=O) groups excluding carboxylic acids is 1. The van der Waals surface area contributed by atoms with Gasteiger partial charge in [-0.3, -0.25) is 9.69 Å². The maximum atomic E-state index is 12.9. The van der Waals surface area contributed by atoms with Crippen molar-refractivity contribution in [3.63, 3.8) is 0 Å². The SMILES string of the molecule is O=C(CC1CCN(Cc2ccccc2)CC1)N1C[C@@H]2COCC[C@]2(CO)C1. The quantitative estimate of drug-likeness (QED) is 0.861. The molecule has 2 atom stereocenters. The molecule has 27 heavy (non-hydrogen) atoms. The zero-order valence-corrected chi connectivity index (χ0v) is 16.2. The van der Waals surface area contributed by atoms with Crippen molar-refractivity contribution in [2.24, 2.45) is 17.3 Å². The standard InChI is InChI=1S/C22H32N2O3/c25-17-22-8-11-27-15-20(22)14-24(16-22)21(26)12-18-6-9-23(10-7-18)13-19-4-2-1-3-5-19/h1-5,18,20,25H,6-17H2/t20-,22-/m1/s1. The van der Waals surface area contributed by atoms with E-state index in [0.717, 1.165) is 45.4 Å². The van der Waals surface area contributed by atoms with Crippen molar-refractivity contribution < 1.29 is 14.6 Å². The molecule has 3 heterocycles. The van der Waals surface area contributed by atoms with E-state index in [1.165, 1.54) is 5.56 Å². The molecule has 0 aliphatic carbocycles. The molecule has 1 N–H and O–H groups in total. The Morgan fingerprint density at radius 1 is 1.22 bits per heavy atom. The smallest absolute Gasteiger partial charge is 0.222 e. The van der Waals surface area contributed by atoms with Gasteiger partial charge in [-0.15, -0.1) is 0 Å². The Morgan fingerprint density at radius 3 is 2.70 bits per heavy atom. The van der Waals surface area contributed by atoms with E-state index in [4.69, 9.17) is 4.74 Å². The summed E-state index contributed by atoms with van der Waals surface area (Å²) in [5.41, 5.74) is 1.25. The third kappa shape index (κ3) is 4.20. The van der Waals surface area contributed by atoms with Crippen LogP contribution < -0.4 is 0 Å². The largest absolute Gasteiger partial charge is 0.396 e. The van der Waals surface area contributed by atoms with Crippen LogP contribution in [0, 0.1) is 17.3 Å². The van der Waals surface area contributed by atoms with E-state index in [2.05, 4.69) is 35.2 Å². The van der Waals surface area contributed by atoms with E-state index < -0.39 is 0 Å². The lowest BCUT2D eigenvalue weighted by molar-refractivity contribution is -0.132. The molecule has 3 aliphatic rings. The molecule has 0 unspecified atom stereocenters. The number of fused-ring (bicyclic) bond motifs is 1. The molecule has 0 spiro atoms. The van der Waals surface area contributed by atoms with Crippen LogP contribution >= 0.6 is 0 Å². The van der Waals surface area contributed by atoms with Gasteiger partial charge in [0.1, 0.15) is 0 Å². The van der Waals surface area contributed by atoms with Gasteiger partial charge < -0.3 is 14.7 Å². The van der Waals surface area contributed by atoms with Crippen LogP contribution in [0.15, 0.2) is 30.3 Å². The number of hydrogen-bond donors (Lipinski definition) is 1. The third-order valence-corrected chi connectivity index (χ3v) is 6.96. The molecule has 5 nitrogen and oxygen atoms in total. The molecule has 1 amide bonds. The molecule has 3 aliphatic heterocycles. The minimum atomic E-state index is -0.118. The molecule has 4 rings (SSSR count). The Labute approximate surface area is 162 Å². The van der Waals surface area contributed by atoms with Crippen LogP contribution in [-0.4, -0.2) is 66.8 Å². The fourth-order valence-electron chi connectivity index (χ4n) is 5.06. The van der Waals surface area contributed by atoms with Gasteiger partial charge in [-0.2, -0.15) is 0 Å². The second-order valence-corrected chi connectivity index (χ2v) is 8.73. The van der Waals surface area contributed by atoms with Crippen LogP contribution in [0.25, 0.3) is 0 Å². The summed E-state index contributed by atoms with van der Waals surface area (Å²) in [5, 5.41) is 9.92. The van der Waals surface area contributed by atoms with Crippen molar-refractivity contribution in [2.75, 3.05) is 46.0 Å². The van der Waals surface area contributed by atoms with E-state index in [1.54, 1.807) is 0 Å². The minimum absolute atomic E-state index is 0.118. The van der Waals surface area contributed by atoms with Gasteiger partial charge in [-0.05, 0) is 43.8 Å². The number of ether oxygens (including phenoxy) is 1. The number of hydrogen-bond acceptors (Lipinski definition) is 4. The summed E-state index contributed by atoms with van der Waals surface area (Å²) in [6.07, 6.45) is 3.73. The lowest BCUT2D eigenvalue weighted by Crippen LogP contribution is -2.41. The van der Waals surface area contributed by atoms with Gasteiger partial charge >= 0.3 is 0 Å². The number of carbonyl (C=O) groups is 1. The average Bonchev–Trinajstić information content (AvgIpc) is 3.11. The predicted molar refractivity (Wildman–Crippen MR) is 104 cm³/mol. The summed E-state index contributed by atoms with van der Waals surface area (Å²) < 4.78 is 5.59. The van der Waals surface area contributed by atoms with Gasteiger partial charge in [0.25, 0.3) is 0 Å². The average molecular weight is 373 g/mol. The number of aliphatic hydroxyl groups excluding tert-OH is 1. The number of rotatable bonds is 5. The molecule has 0 saturated carbocycles. The summed E-state index contributed by atoms with van der Waals surface area (Å²) in [6.45, 7) is 6.18. The fourth-order valence-corrected chi connectivity index (χ4v) is 5.06. The molecule has 3 fully saturated rings. The van der Waals surface area contributed by atoms with Gasteiger partial charge in [0.2, 0.25) is 5.91 Å². The lowest BCUT2D eigenvalue weighted by Gasteiger charge is -2.36. The molecule has 0 aromatic heterocycles. The van der Waals surface area contributed by atoms with Crippen molar-refractivity contribution in [1.82, 2.24) is 9.80 Å². The van der Waals surface area contributed by atoms with Crippen LogP contribution in [-0.2, 0) is 16.1 Å². The third-order valence-electron chi connectivity index (χ3n) is 6.96. The van der Waals surface area contributed by atoms with Crippen molar-refractivity contribution in [1.29, 1.82) is 0 Å². The van der Waals surface area contributed by atoms with Crippen molar-refractivity contribution in [3.8, 4) is 0 Å². The lowest BCUT2D eigenvalue weighted by atomic mass is 9.75. The zero-order valence-electron chi connectivity index (χ0n) is 16.2. The predicted octanol–water partition coefficient (Wildman–Crippen LogP) is 2.15.